The van der Waals surface area contributed by atoms with E-state index in [1.807, 2.05) is 6.20 Å². The Labute approximate surface area is 268 Å². The lowest BCUT2D eigenvalue weighted by Gasteiger charge is -2.56. The Morgan fingerprint density at radius 3 is 2.78 bits per heavy atom. The third-order valence-corrected chi connectivity index (χ3v) is 14.0. The molecule has 0 radical (unpaired) electrons. The fraction of sp³-hybridized carbons (Fsp3) is 0.714. The summed E-state index contributed by atoms with van der Waals surface area (Å²) in [5, 5.41) is 5.90. The quantitative estimate of drug-likeness (QED) is 0.362. The fourth-order valence-electron chi connectivity index (χ4n) is 11.7. The van der Waals surface area contributed by atoms with E-state index < -0.39 is 22.4 Å². The van der Waals surface area contributed by atoms with Crippen LogP contribution in [0.15, 0.2) is 35.5 Å². The number of fused-ring (bicyclic) bond motifs is 6. The van der Waals surface area contributed by atoms with E-state index in [9.17, 15) is 4.79 Å². The van der Waals surface area contributed by atoms with Gasteiger partial charge in [0.2, 0.25) is 0 Å². The number of benzene rings is 1. The molecular formula is C35H42N4O7. The van der Waals surface area contributed by atoms with Crippen molar-refractivity contribution in [2.75, 3.05) is 57.6 Å². The molecule has 3 aliphatic carbocycles. The van der Waals surface area contributed by atoms with Gasteiger partial charge in [-0.1, -0.05) is 20.8 Å². The highest BCUT2D eigenvalue weighted by Crippen LogP contribution is 2.86. The Kier molecular flexibility index (Phi) is 5.09. The molecular weight excluding hydrogens is 588 g/mol. The molecule has 7 heterocycles. The summed E-state index contributed by atoms with van der Waals surface area (Å²) in [4.78, 5) is 17.4. The molecule has 0 N–H and O–H groups in total. The zero-order valence-corrected chi connectivity index (χ0v) is 26.8. The van der Waals surface area contributed by atoms with Crippen LogP contribution in [0.5, 0.6) is 0 Å². The van der Waals surface area contributed by atoms with E-state index in [2.05, 4.69) is 53.5 Å². The first kappa shape index (κ1) is 27.4. The highest BCUT2D eigenvalue weighted by molar-refractivity contribution is 5.92. The number of epoxide rings is 3. The van der Waals surface area contributed by atoms with Crippen LogP contribution in [0.2, 0.25) is 0 Å². The zero-order valence-electron chi connectivity index (χ0n) is 26.8. The first-order valence-electron chi connectivity index (χ1n) is 17.4. The first-order valence-corrected chi connectivity index (χ1v) is 17.4. The van der Waals surface area contributed by atoms with E-state index in [0.29, 0.717) is 19.9 Å². The highest BCUT2D eigenvalue weighted by atomic mass is 16.8. The number of ether oxygens (including phenoxy) is 6. The smallest absolute Gasteiger partial charge is 0.334 e. The predicted octanol–water partition coefficient (Wildman–Crippen LogP) is 2.66. The van der Waals surface area contributed by atoms with Gasteiger partial charge in [0, 0.05) is 41.7 Å². The molecule has 9 atom stereocenters. The third-order valence-electron chi connectivity index (χ3n) is 14.0. The number of carbonyl (C=O) groups is 1. The third kappa shape index (κ3) is 2.88. The Morgan fingerprint density at radius 1 is 1.07 bits per heavy atom. The standard InChI is InChI=1S/C35H42N4O7/c1-20(2)33-28(45-33)29-35(46-29)31(3)7-6-23-24(17-42-30(23)40)25(31)15-27-34(35,44-27)32(33)18-38(19-43-32)22-4-5-26-21(14-22)16-36-39(26)9-8-37-10-12-41-13-11-37/h4-5,14,16,20,25,27-29H,6-13,15,17-19H2,1-3H3/t25-,27-,28-,29-,31-,32-,33-,34+,35+/m0/s1. The Hall–Kier alpha value is -2.54. The van der Waals surface area contributed by atoms with Crippen LogP contribution < -0.4 is 4.90 Å². The molecule has 11 rings (SSSR count). The maximum absolute atomic E-state index is 12.6. The minimum absolute atomic E-state index is 0.00830. The number of cyclic esters (lactones) is 1. The fourth-order valence-corrected chi connectivity index (χ4v) is 11.7. The van der Waals surface area contributed by atoms with Gasteiger partial charge in [0.05, 0.1) is 44.1 Å². The molecule has 3 spiro atoms. The number of carbonyl (C=O) groups excluding carboxylic acids is 1. The molecule has 6 aliphatic heterocycles. The van der Waals surface area contributed by atoms with Gasteiger partial charge in [-0.2, -0.15) is 5.10 Å². The van der Waals surface area contributed by atoms with Gasteiger partial charge in [0.15, 0.2) is 11.2 Å². The van der Waals surface area contributed by atoms with Gasteiger partial charge in [-0.3, -0.25) is 9.58 Å². The second-order valence-corrected chi connectivity index (χ2v) is 15.8. The van der Waals surface area contributed by atoms with E-state index in [0.717, 1.165) is 80.8 Å². The Balaban J connectivity index is 0.939. The molecule has 0 bridgehead atoms. The number of hydrogen-bond acceptors (Lipinski definition) is 10. The molecule has 11 nitrogen and oxygen atoms in total. The second-order valence-electron chi connectivity index (χ2n) is 15.8. The normalized spacial score (nSPS) is 46.5. The molecule has 46 heavy (non-hydrogen) atoms. The predicted molar refractivity (Wildman–Crippen MR) is 164 cm³/mol. The van der Waals surface area contributed by atoms with E-state index in [4.69, 9.17) is 33.5 Å². The zero-order chi connectivity index (χ0) is 30.8. The Bertz CT molecular complexity index is 1740. The summed E-state index contributed by atoms with van der Waals surface area (Å²) >= 11 is 0. The van der Waals surface area contributed by atoms with Crippen molar-refractivity contribution in [2.45, 2.75) is 87.3 Å². The van der Waals surface area contributed by atoms with E-state index >= 15 is 0 Å². The van der Waals surface area contributed by atoms with Crippen molar-refractivity contribution in [3.8, 4) is 0 Å². The lowest BCUT2D eigenvalue weighted by Crippen LogP contribution is -2.76. The number of anilines is 1. The summed E-state index contributed by atoms with van der Waals surface area (Å²) in [5.74, 6) is 0.309. The van der Waals surface area contributed by atoms with Crippen molar-refractivity contribution in [3.63, 3.8) is 0 Å². The van der Waals surface area contributed by atoms with E-state index in [1.54, 1.807) is 0 Å². The van der Waals surface area contributed by atoms with Gasteiger partial charge in [-0.05, 0) is 54.9 Å². The van der Waals surface area contributed by atoms with Crippen molar-refractivity contribution in [2.24, 2.45) is 17.3 Å². The first-order chi connectivity index (χ1) is 22.3. The average molecular weight is 631 g/mol. The van der Waals surface area contributed by atoms with Gasteiger partial charge in [-0.15, -0.1) is 0 Å². The number of hydrogen-bond donors (Lipinski definition) is 0. The van der Waals surface area contributed by atoms with Crippen LogP contribution in [-0.2, 0) is 39.8 Å². The SMILES string of the molecule is CC(C)[C@]12O[C@H]1[C@@H]1O[C@]13[C@]1(O[C@H]1C[C@H]1C4=C(CC[C@@]13C)C(=O)OC4)[C@]21CN(c2ccc3c(cnn3CCN3CCOCC3)c2)CO1. The molecule has 7 fully saturated rings. The second kappa shape index (κ2) is 8.54. The van der Waals surface area contributed by atoms with Crippen molar-refractivity contribution >= 4 is 22.6 Å². The summed E-state index contributed by atoms with van der Waals surface area (Å²) in [6, 6.07) is 6.68. The summed E-state index contributed by atoms with van der Waals surface area (Å²) in [6.07, 6.45) is 4.42. The summed E-state index contributed by atoms with van der Waals surface area (Å²) in [7, 11) is 0. The maximum atomic E-state index is 12.6. The molecule has 0 amide bonds. The molecule has 2 saturated carbocycles. The number of nitrogens with zero attached hydrogens (tertiary/aromatic N) is 4. The molecule has 1 aromatic heterocycles. The van der Waals surface area contributed by atoms with Crippen LogP contribution in [0.4, 0.5) is 5.69 Å². The monoisotopic (exact) mass is 630 g/mol. The Morgan fingerprint density at radius 2 is 1.93 bits per heavy atom. The lowest BCUT2D eigenvalue weighted by molar-refractivity contribution is -0.168. The average Bonchev–Trinajstić information content (AvgIpc) is 4.00. The summed E-state index contributed by atoms with van der Waals surface area (Å²) < 4.78 is 41.4. The summed E-state index contributed by atoms with van der Waals surface area (Å²) in [5.41, 5.74) is 1.95. The number of aromatic nitrogens is 2. The minimum atomic E-state index is -0.668. The molecule has 11 heteroatoms. The summed E-state index contributed by atoms with van der Waals surface area (Å²) in [6.45, 7) is 13.9. The molecule has 244 valence electrons. The molecule has 5 saturated heterocycles. The van der Waals surface area contributed by atoms with Crippen LogP contribution in [-0.4, -0.2) is 114 Å². The van der Waals surface area contributed by atoms with Crippen molar-refractivity contribution in [1.82, 2.24) is 14.7 Å². The van der Waals surface area contributed by atoms with Gasteiger partial charge in [0.25, 0.3) is 0 Å². The topological polar surface area (TPSA) is 107 Å². The number of rotatable bonds is 5. The van der Waals surface area contributed by atoms with E-state index in [-0.39, 0.29) is 41.5 Å². The molecule has 9 aliphatic rings. The molecule has 1 aromatic carbocycles. The van der Waals surface area contributed by atoms with Crippen LogP contribution >= 0.6 is 0 Å². The van der Waals surface area contributed by atoms with E-state index in [1.165, 1.54) is 5.57 Å². The van der Waals surface area contributed by atoms with Gasteiger partial charge in [-0.25, -0.2) is 4.79 Å². The number of morpholine rings is 1. The highest BCUT2D eigenvalue weighted by Gasteiger charge is 3.05. The molecule has 2 aromatic rings. The van der Waals surface area contributed by atoms with Crippen LogP contribution in [0.25, 0.3) is 10.9 Å². The van der Waals surface area contributed by atoms with Crippen LogP contribution in [0.3, 0.4) is 0 Å². The van der Waals surface area contributed by atoms with Gasteiger partial charge >= 0.3 is 5.97 Å². The van der Waals surface area contributed by atoms with Crippen molar-refractivity contribution in [3.05, 3.63) is 35.5 Å². The largest absolute Gasteiger partial charge is 0.458 e. The van der Waals surface area contributed by atoms with Crippen LogP contribution in [0.1, 0.15) is 40.0 Å². The van der Waals surface area contributed by atoms with Crippen LogP contribution in [0, 0.1) is 17.3 Å². The van der Waals surface area contributed by atoms with Crippen molar-refractivity contribution < 1.29 is 33.2 Å². The van der Waals surface area contributed by atoms with Gasteiger partial charge < -0.3 is 33.3 Å². The minimum Gasteiger partial charge on any atom is -0.458 e. The lowest BCUT2D eigenvalue weighted by atomic mass is 9.44. The number of esters is 1. The molecule has 0 unspecified atom stereocenters. The van der Waals surface area contributed by atoms with Crippen molar-refractivity contribution in [1.29, 1.82) is 0 Å². The maximum Gasteiger partial charge on any atom is 0.334 e. The van der Waals surface area contributed by atoms with Gasteiger partial charge in [0.1, 0.15) is 36.7 Å².